The number of hydrogen-bond donors (Lipinski definition) is 1. The summed E-state index contributed by atoms with van der Waals surface area (Å²) in [5.41, 5.74) is 2.93. The molecule has 7 heteroatoms. The third-order valence-corrected chi connectivity index (χ3v) is 5.34. The highest BCUT2D eigenvalue weighted by Crippen LogP contribution is 2.21. The van der Waals surface area contributed by atoms with Crippen molar-refractivity contribution in [2.45, 2.75) is 46.6 Å². The molecule has 1 amide bonds. The second-order valence-electron chi connectivity index (χ2n) is 7.88. The van der Waals surface area contributed by atoms with Crippen LogP contribution in [0.4, 0.5) is 8.78 Å². The van der Waals surface area contributed by atoms with E-state index in [4.69, 9.17) is 0 Å². The van der Waals surface area contributed by atoms with Gasteiger partial charge in [-0.25, -0.2) is 13.5 Å². The van der Waals surface area contributed by atoms with Crippen molar-refractivity contribution in [3.8, 4) is 5.69 Å². The summed E-state index contributed by atoms with van der Waals surface area (Å²) < 4.78 is 28.7. The van der Waals surface area contributed by atoms with Gasteiger partial charge in [-0.15, -0.1) is 0 Å². The van der Waals surface area contributed by atoms with Crippen molar-refractivity contribution in [3.05, 3.63) is 58.4 Å². The minimum Gasteiger partial charge on any atom is -0.349 e. The van der Waals surface area contributed by atoms with Crippen LogP contribution in [0.15, 0.2) is 29.8 Å². The average molecular weight is 402 g/mol. The third kappa shape index (κ3) is 4.90. The van der Waals surface area contributed by atoms with Crippen LogP contribution in [0.5, 0.6) is 0 Å². The quantitative estimate of drug-likeness (QED) is 0.771. The Morgan fingerprint density at radius 1 is 1.24 bits per heavy atom. The van der Waals surface area contributed by atoms with Gasteiger partial charge in [0.25, 0.3) is 5.91 Å². The summed E-state index contributed by atoms with van der Waals surface area (Å²) in [7, 11) is 0. The van der Waals surface area contributed by atoms with Crippen molar-refractivity contribution in [2.24, 2.45) is 0 Å². The van der Waals surface area contributed by atoms with E-state index in [1.807, 2.05) is 0 Å². The number of aromatic nitrogens is 2. The van der Waals surface area contributed by atoms with Crippen LogP contribution >= 0.6 is 0 Å². The molecule has 2 aromatic rings. The highest BCUT2D eigenvalue weighted by atomic mass is 19.1. The molecule has 156 valence electrons. The van der Waals surface area contributed by atoms with Gasteiger partial charge < -0.3 is 5.32 Å². The number of piperidine rings is 1. The Hall–Kier alpha value is -2.54. The highest BCUT2D eigenvalue weighted by Gasteiger charge is 2.25. The maximum Gasteiger partial charge on any atom is 0.255 e. The lowest BCUT2D eigenvalue weighted by Crippen LogP contribution is -2.44. The van der Waals surface area contributed by atoms with Gasteiger partial charge >= 0.3 is 0 Å². The lowest BCUT2D eigenvalue weighted by atomic mass is 10.0. The number of hydrogen-bond acceptors (Lipinski definition) is 3. The van der Waals surface area contributed by atoms with Crippen molar-refractivity contribution in [1.29, 1.82) is 0 Å². The first kappa shape index (κ1) is 21.2. The molecule has 1 aliphatic rings. The fourth-order valence-electron chi connectivity index (χ4n) is 3.69. The molecule has 2 heterocycles. The summed E-state index contributed by atoms with van der Waals surface area (Å²) >= 11 is 0. The van der Waals surface area contributed by atoms with Gasteiger partial charge in [0.2, 0.25) is 0 Å². The summed E-state index contributed by atoms with van der Waals surface area (Å²) in [4.78, 5) is 15.3. The van der Waals surface area contributed by atoms with E-state index in [9.17, 15) is 13.6 Å². The molecular weight excluding hydrogens is 374 g/mol. The molecule has 0 saturated carbocycles. The highest BCUT2D eigenvalue weighted by molar-refractivity contribution is 5.96. The number of carbonyl (C=O) groups is 1. The maximum absolute atomic E-state index is 14.2. The molecule has 1 N–H and O–H groups in total. The van der Waals surface area contributed by atoms with Crippen LogP contribution in [-0.2, 0) is 0 Å². The Labute approximate surface area is 170 Å². The van der Waals surface area contributed by atoms with Crippen molar-refractivity contribution in [1.82, 2.24) is 20.0 Å². The fourth-order valence-corrected chi connectivity index (χ4v) is 3.69. The summed E-state index contributed by atoms with van der Waals surface area (Å²) in [6, 6.07) is 3.43. The zero-order chi connectivity index (χ0) is 21.1. The van der Waals surface area contributed by atoms with Gasteiger partial charge in [0, 0.05) is 31.7 Å². The number of nitrogens with one attached hydrogen (secondary N) is 1. The second kappa shape index (κ2) is 8.86. The number of carbonyl (C=O) groups excluding carboxylic acids is 1. The Kier molecular flexibility index (Phi) is 6.47. The summed E-state index contributed by atoms with van der Waals surface area (Å²) in [6.45, 7) is 10.4. The van der Waals surface area contributed by atoms with Gasteiger partial charge in [0.05, 0.1) is 17.0 Å². The van der Waals surface area contributed by atoms with Crippen molar-refractivity contribution in [2.75, 3.05) is 19.6 Å². The van der Waals surface area contributed by atoms with Crippen molar-refractivity contribution >= 4 is 5.91 Å². The molecule has 1 aliphatic heterocycles. The minimum atomic E-state index is -0.716. The topological polar surface area (TPSA) is 50.2 Å². The number of rotatable bonds is 5. The molecule has 1 aromatic carbocycles. The first-order valence-corrected chi connectivity index (χ1v) is 9.94. The predicted molar refractivity (Wildman–Crippen MR) is 109 cm³/mol. The smallest absolute Gasteiger partial charge is 0.255 e. The standard InChI is InChI=1S/C22H28F2N4O/c1-14(2)7-10-27-11-8-18(9-12-27)25-22(29)21-15(3)26-28(16(21)4)20-6-5-17(23)13-19(20)24/h5-7,13,18H,8-12H2,1-4H3,(H,25,29). The first-order valence-electron chi connectivity index (χ1n) is 9.94. The Morgan fingerprint density at radius 3 is 2.55 bits per heavy atom. The van der Waals surface area contributed by atoms with Crippen molar-refractivity contribution in [3.63, 3.8) is 0 Å². The lowest BCUT2D eigenvalue weighted by Gasteiger charge is -2.31. The molecule has 0 bridgehead atoms. The number of amides is 1. The van der Waals surface area contributed by atoms with Crippen LogP contribution in [-0.4, -0.2) is 46.3 Å². The van der Waals surface area contributed by atoms with E-state index in [1.165, 1.54) is 22.4 Å². The normalized spacial score (nSPS) is 15.4. The van der Waals surface area contributed by atoms with Crippen LogP contribution in [0.25, 0.3) is 5.69 Å². The first-order chi connectivity index (χ1) is 13.8. The predicted octanol–water partition coefficient (Wildman–Crippen LogP) is 3.93. The molecule has 0 unspecified atom stereocenters. The van der Waals surface area contributed by atoms with Crippen LogP contribution in [0, 0.1) is 25.5 Å². The Balaban J connectivity index is 1.69. The zero-order valence-corrected chi connectivity index (χ0v) is 17.4. The number of halogens is 2. The molecule has 1 fully saturated rings. The zero-order valence-electron chi connectivity index (χ0n) is 17.4. The van der Waals surface area contributed by atoms with Crippen LogP contribution < -0.4 is 5.32 Å². The van der Waals surface area contributed by atoms with E-state index < -0.39 is 11.6 Å². The molecule has 0 spiro atoms. The summed E-state index contributed by atoms with van der Waals surface area (Å²) in [5.74, 6) is -1.57. The molecule has 0 aliphatic carbocycles. The monoisotopic (exact) mass is 402 g/mol. The van der Waals surface area contributed by atoms with Gasteiger partial charge in [-0.3, -0.25) is 9.69 Å². The number of allylic oxidation sites excluding steroid dienone is 1. The second-order valence-corrected chi connectivity index (χ2v) is 7.88. The summed E-state index contributed by atoms with van der Waals surface area (Å²) in [5, 5.41) is 7.42. The molecule has 1 saturated heterocycles. The van der Waals surface area contributed by atoms with Gasteiger partial charge in [-0.2, -0.15) is 5.10 Å². The number of likely N-dealkylation sites (tertiary alicyclic amines) is 1. The molecule has 1 aromatic heterocycles. The number of aryl methyl sites for hydroxylation is 1. The van der Waals surface area contributed by atoms with Gasteiger partial charge in [-0.1, -0.05) is 11.6 Å². The largest absolute Gasteiger partial charge is 0.349 e. The average Bonchev–Trinajstić information content (AvgIpc) is 2.95. The maximum atomic E-state index is 14.2. The molecule has 3 rings (SSSR count). The fraction of sp³-hybridized carbons (Fsp3) is 0.455. The van der Waals surface area contributed by atoms with Crippen LogP contribution in [0.2, 0.25) is 0 Å². The molecule has 0 atom stereocenters. The van der Waals surface area contributed by atoms with E-state index in [0.717, 1.165) is 38.5 Å². The van der Waals surface area contributed by atoms with Gasteiger partial charge in [-0.05, 0) is 52.7 Å². The summed E-state index contributed by atoms with van der Waals surface area (Å²) in [6.07, 6.45) is 4.00. The molecular formula is C22H28F2N4O. The van der Waals surface area contributed by atoms with Gasteiger partial charge in [0.15, 0.2) is 5.82 Å². The van der Waals surface area contributed by atoms with E-state index >= 15 is 0 Å². The lowest BCUT2D eigenvalue weighted by molar-refractivity contribution is 0.0913. The van der Waals surface area contributed by atoms with Crippen molar-refractivity contribution < 1.29 is 13.6 Å². The minimum absolute atomic E-state index is 0.107. The van der Waals surface area contributed by atoms with E-state index in [2.05, 4.69) is 35.2 Å². The molecule has 0 radical (unpaired) electrons. The van der Waals surface area contributed by atoms with Gasteiger partial charge in [0.1, 0.15) is 11.5 Å². The number of benzene rings is 1. The van der Waals surface area contributed by atoms with E-state index in [-0.39, 0.29) is 17.6 Å². The van der Waals surface area contributed by atoms with E-state index in [0.29, 0.717) is 17.0 Å². The SMILES string of the molecule is CC(C)=CCN1CCC(NC(=O)c2c(C)nn(-c3ccc(F)cc3F)c2C)CC1. The Morgan fingerprint density at radius 2 is 1.93 bits per heavy atom. The Bertz CT molecular complexity index is 923. The molecule has 29 heavy (non-hydrogen) atoms. The molecule has 5 nitrogen and oxygen atoms in total. The third-order valence-electron chi connectivity index (χ3n) is 5.34. The number of nitrogens with zero attached hydrogens (tertiary/aromatic N) is 3. The van der Waals surface area contributed by atoms with Crippen LogP contribution in [0.3, 0.4) is 0 Å². The van der Waals surface area contributed by atoms with E-state index in [1.54, 1.807) is 13.8 Å². The van der Waals surface area contributed by atoms with Crippen LogP contribution in [0.1, 0.15) is 48.4 Å².